The van der Waals surface area contributed by atoms with E-state index in [9.17, 15) is 4.79 Å². The van der Waals surface area contributed by atoms with Gasteiger partial charge >= 0.3 is 0 Å². The van der Waals surface area contributed by atoms with E-state index in [2.05, 4.69) is 10.3 Å². The summed E-state index contributed by atoms with van der Waals surface area (Å²) in [5.74, 6) is 0.0495. The SMILES string of the molecule is CCN(CC)C(=O)c1ccc(-n2nncc2-c2ccccc2)cc1. The molecule has 24 heavy (non-hydrogen) atoms. The maximum atomic E-state index is 12.4. The van der Waals surface area contributed by atoms with Crippen molar-refractivity contribution in [1.29, 1.82) is 0 Å². The number of benzene rings is 2. The van der Waals surface area contributed by atoms with Crippen LogP contribution in [-0.4, -0.2) is 38.9 Å². The van der Waals surface area contributed by atoms with Crippen LogP contribution in [-0.2, 0) is 0 Å². The molecule has 0 bridgehead atoms. The van der Waals surface area contributed by atoms with Gasteiger partial charge in [0.05, 0.1) is 17.6 Å². The van der Waals surface area contributed by atoms with Gasteiger partial charge in [-0.25, -0.2) is 4.68 Å². The zero-order valence-electron chi connectivity index (χ0n) is 13.9. The first-order valence-electron chi connectivity index (χ1n) is 8.10. The van der Waals surface area contributed by atoms with Gasteiger partial charge in [-0.3, -0.25) is 4.79 Å². The summed E-state index contributed by atoms with van der Waals surface area (Å²) < 4.78 is 1.78. The third-order valence-corrected chi connectivity index (χ3v) is 4.03. The van der Waals surface area contributed by atoms with Crippen molar-refractivity contribution in [2.45, 2.75) is 13.8 Å². The van der Waals surface area contributed by atoms with Gasteiger partial charge in [-0.05, 0) is 38.1 Å². The third-order valence-electron chi connectivity index (χ3n) is 4.03. The highest BCUT2D eigenvalue weighted by Gasteiger charge is 2.13. The molecule has 1 heterocycles. The number of amides is 1. The van der Waals surface area contributed by atoms with Crippen molar-refractivity contribution in [3.05, 3.63) is 66.4 Å². The molecule has 0 fully saturated rings. The molecular formula is C19H20N4O. The Bertz CT molecular complexity index is 805. The number of nitrogens with zero attached hydrogens (tertiary/aromatic N) is 4. The average Bonchev–Trinajstić information content (AvgIpc) is 3.13. The summed E-state index contributed by atoms with van der Waals surface area (Å²) in [4.78, 5) is 14.2. The molecule has 0 unspecified atom stereocenters. The van der Waals surface area contributed by atoms with Crippen LogP contribution >= 0.6 is 0 Å². The minimum atomic E-state index is 0.0495. The molecule has 0 aliphatic carbocycles. The minimum absolute atomic E-state index is 0.0495. The second-order valence-corrected chi connectivity index (χ2v) is 5.42. The number of carbonyl (C=O) groups excluding carboxylic acids is 1. The Morgan fingerprint density at radius 1 is 1.00 bits per heavy atom. The maximum absolute atomic E-state index is 12.4. The first kappa shape index (κ1) is 15.9. The molecule has 0 aliphatic rings. The van der Waals surface area contributed by atoms with Gasteiger partial charge < -0.3 is 4.90 Å². The number of carbonyl (C=O) groups is 1. The van der Waals surface area contributed by atoms with Gasteiger partial charge in [-0.1, -0.05) is 35.5 Å². The molecule has 5 nitrogen and oxygen atoms in total. The number of hydrogen-bond donors (Lipinski definition) is 0. The van der Waals surface area contributed by atoms with Crippen LogP contribution < -0.4 is 0 Å². The van der Waals surface area contributed by atoms with E-state index >= 15 is 0 Å². The average molecular weight is 320 g/mol. The Balaban J connectivity index is 1.90. The molecule has 0 saturated heterocycles. The van der Waals surface area contributed by atoms with Crippen LogP contribution in [0.3, 0.4) is 0 Å². The monoisotopic (exact) mass is 320 g/mol. The fraction of sp³-hybridized carbons (Fsp3) is 0.211. The van der Waals surface area contributed by atoms with Crippen LogP contribution in [0.1, 0.15) is 24.2 Å². The molecule has 2 aromatic carbocycles. The molecule has 0 aliphatic heterocycles. The summed E-state index contributed by atoms with van der Waals surface area (Å²) in [6.07, 6.45) is 1.74. The molecule has 0 spiro atoms. The number of hydrogen-bond acceptors (Lipinski definition) is 3. The molecule has 3 rings (SSSR count). The Morgan fingerprint density at radius 2 is 1.67 bits per heavy atom. The fourth-order valence-electron chi connectivity index (χ4n) is 2.67. The quantitative estimate of drug-likeness (QED) is 0.724. The smallest absolute Gasteiger partial charge is 0.253 e. The van der Waals surface area contributed by atoms with Crippen molar-refractivity contribution in [2.24, 2.45) is 0 Å². The van der Waals surface area contributed by atoms with Crippen molar-refractivity contribution in [2.75, 3.05) is 13.1 Å². The second kappa shape index (κ2) is 7.08. The van der Waals surface area contributed by atoms with E-state index in [1.54, 1.807) is 15.8 Å². The van der Waals surface area contributed by atoms with E-state index in [1.807, 2.05) is 68.4 Å². The van der Waals surface area contributed by atoms with E-state index in [0.29, 0.717) is 18.7 Å². The van der Waals surface area contributed by atoms with Crippen LogP contribution in [0.15, 0.2) is 60.8 Å². The van der Waals surface area contributed by atoms with Crippen molar-refractivity contribution in [3.63, 3.8) is 0 Å². The Kier molecular flexibility index (Phi) is 4.70. The highest BCUT2D eigenvalue weighted by molar-refractivity contribution is 5.94. The van der Waals surface area contributed by atoms with Crippen molar-refractivity contribution in [1.82, 2.24) is 19.9 Å². The Morgan fingerprint density at radius 3 is 2.29 bits per heavy atom. The molecule has 5 heteroatoms. The highest BCUT2D eigenvalue weighted by atomic mass is 16.2. The van der Waals surface area contributed by atoms with Crippen LogP contribution in [0.5, 0.6) is 0 Å². The molecule has 1 aromatic heterocycles. The number of rotatable bonds is 5. The van der Waals surface area contributed by atoms with E-state index in [0.717, 1.165) is 16.9 Å². The van der Waals surface area contributed by atoms with Gasteiger partial charge in [0.15, 0.2) is 0 Å². The van der Waals surface area contributed by atoms with Crippen LogP contribution in [0.2, 0.25) is 0 Å². The Hall–Kier alpha value is -2.95. The summed E-state index contributed by atoms with van der Waals surface area (Å²) in [6.45, 7) is 5.38. The lowest BCUT2D eigenvalue weighted by atomic mass is 10.1. The fourth-order valence-corrected chi connectivity index (χ4v) is 2.67. The van der Waals surface area contributed by atoms with Gasteiger partial charge in [0.1, 0.15) is 0 Å². The highest BCUT2D eigenvalue weighted by Crippen LogP contribution is 2.21. The van der Waals surface area contributed by atoms with Gasteiger partial charge in [0.2, 0.25) is 0 Å². The molecule has 1 amide bonds. The Labute approximate surface area is 141 Å². The van der Waals surface area contributed by atoms with Crippen LogP contribution in [0.25, 0.3) is 16.9 Å². The normalized spacial score (nSPS) is 10.6. The van der Waals surface area contributed by atoms with E-state index in [1.165, 1.54) is 0 Å². The summed E-state index contributed by atoms with van der Waals surface area (Å²) in [5.41, 5.74) is 3.52. The molecule has 0 radical (unpaired) electrons. The molecule has 3 aromatic rings. The zero-order chi connectivity index (χ0) is 16.9. The second-order valence-electron chi connectivity index (χ2n) is 5.42. The lowest BCUT2D eigenvalue weighted by molar-refractivity contribution is 0.0773. The van der Waals surface area contributed by atoms with Crippen molar-refractivity contribution in [3.8, 4) is 16.9 Å². The first-order valence-corrected chi connectivity index (χ1v) is 8.10. The molecular weight excluding hydrogens is 300 g/mol. The lowest BCUT2D eigenvalue weighted by Gasteiger charge is -2.18. The van der Waals surface area contributed by atoms with Crippen molar-refractivity contribution >= 4 is 5.91 Å². The minimum Gasteiger partial charge on any atom is -0.339 e. The van der Waals surface area contributed by atoms with Crippen LogP contribution in [0.4, 0.5) is 0 Å². The third kappa shape index (κ3) is 3.06. The molecule has 122 valence electrons. The molecule has 0 atom stereocenters. The number of aromatic nitrogens is 3. The van der Waals surface area contributed by atoms with Gasteiger partial charge in [0, 0.05) is 24.2 Å². The lowest BCUT2D eigenvalue weighted by Crippen LogP contribution is -2.30. The van der Waals surface area contributed by atoms with Gasteiger partial charge in [-0.2, -0.15) is 0 Å². The predicted octanol–water partition coefficient (Wildman–Crippen LogP) is 3.42. The standard InChI is InChI=1S/C19H20N4O/c1-3-22(4-2)19(24)16-10-12-17(13-11-16)23-18(14-20-21-23)15-8-6-5-7-9-15/h5-14H,3-4H2,1-2H3. The van der Waals surface area contributed by atoms with Gasteiger partial charge in [0.25, 0.3) is 5.91 Å². The van der Waals surface area contributed by atoms with Crippen molar-refractivity contribution < 1.29 is 4.79 Å². The zero-order valence-corrected chi connectivity index (χ0v) is 13.9. The molecule has 0 saturated carbocycles. The summed E-state index contributed by atoms with van der Waals surface area (Å²) in [6, 6.07) is 17.5. The van der Waals surface area contributed by atoms with E-state index < -0.39 is 0 Å². The van der Waals surface area contributed by atoms with Crippen LogP contribution in [0, 0.1) is 0 Å². The largest absolute Gasteiger partial charge is 0.339 e. The van der Waals surface area contributed by atoms with Gasteiger partial charge in [-0.15, -0.1) is 5.10 Å². The van der Waals surface area contributed by atoms with E-state index in [-0.39, 0.29) is 5.91 Å². The maximum Gasteiger partial charge on any atom is 0.253 e. The summed E-state index contributed by atoms with van der Waals surface area (Å²) in [7, 11) is 0. The van der Waals surface area contributed by atoms with E-state index in [4.69, 9.17) is 0 Å². The summed E-state index contributed by atoms with van der Waals surface area (Å²) >= 11 is 0. The molecule has 0 N–H and O–H groups in total. The summed E-state index contributed by atoms with van der Waals surface area (Å²) in [5, 5.41) is 8.20. The topological polar surface area (TPSA) is 51.0 Å². The first-order chi connectivity index (χ1) is 11.7. The predicted molar refractivity (Wildman–Crippen MR) is 94.0 cm³/mol.